The fourth-order valence-electron chi connectivity index (χ4n) is 2.48. The Bertz CT molecular complexity index is 605. The lowest BCUT2D eigenvalue weighted by atomic mass is 10.1. The van der Waals surface area contributed by atoms with Crippen LogP contribution in [0.4, 0.5) is 11.4 Å². The molecule has 1 unspecified atom stereocenters. The number of hydrogen-bond donors (Lipinski definition) is 1. The zero-order valence-corrected chi connectivity index (χ0v) is 14.2. The van der Waals surface area contributed by atoms with Crippen LogP contribution in [0.3, 0.4) is 0 Å². The monoisotopic (exact) mass is 308 g/mol. The van der Waals surface area contributed by atoms with E-state index in [1.54, 1.807) is 0 Å². The van der Waals surface area contributed by atoms with Crippen LogP contribution in [-0.2, 0) is 0 Å². The van der Waals surface area contributed by atoms with E-state index in [2.05, 4.69) is 38.2 Å². The number of thiophene rings is 1. The third-order valence-corrected chi connectivity index (χ3v) is 4.64. The highest BCUT2D eigenvalue weighted by Gasteiger charge is 2.15. The summed E-state index contributed by atoms with van der Waals surface area (Å²) in [4.78, 5) is 4.77. The molecule has 0 radical (unpaired) electrons. The predicted octanol–water partition coefficient (Wildman–Crippen LogP) is 5.26. The molecule has 0 saturated carbocycles. The molecule has 1 aromatic heterocycles. The van der Waals surface area contributed by atoms with Crippen LogP contribution in [0.1, 0.15) is 28.3 Å². The Morgan fingerprint density at radius 3 is 2.50 bits per heavy atom. The number of nitrogens with zero attached hydrogens (tertiary/aromatic N) is 1. The maximum Gasteiger partial charge on any atom is 0.0786 e. The van der Waals surface area contributed by atoms with E-state index >= 15 is 0 Å². The quantitative estimate of drug-likeness (QED) is 0.829. The first kappa shape index (κ1) is 15.2. The lowest BCUT2D eigenvalue weighted by Crippen LogP contribution is -2.14. The lowest BCUT2D eigenvalue weighted by molar-refractivity contribution is 0.880. The van der Waals surface area contributed by atoms with Gasteiger partial charge in [-0.15, -0.1) is 11.3 Å². The van der Waals surface area contributed by atoms with Gasteiger partial charge in [0.05, 0.1) is 16.4 Å². The van der Waals surface area contributed by atoms with Gasteiger partial charge in [-0.3, -0.25) is 0 Å². The molecular weight excluding hydrogens is 288 g/mol. The molecule has 0 fully saturated rings. The number of halogens is 1. The molecule has 0 saturated heterocycles. The highest BCUT2D eigenvalue weighted by atomic mass is 35.5. The van der Waals surface area contributed by atoms with Gasteiger partial charge in [0.1, 0.15) is 0 Å². The summed E-state index contributed by atoms with van der Waals surface area (Å²) in [6.45, 7) is 6.52. The van der Waals surface area contributed by atoms with E-state index in [1.165, 1.54) is 15.3 Å². The third kappa shape index (κ3) is 3.10. The SMILES string of the molecule is Cc1cc(C(C)Nc2cccc(Cl)c2N(C)C)c(C)s1. The third-order valence-electron chi connectivity index (χ3n) is 3.35. The fraction of sp³-hybridized carbons (Fsp3) is 0.375. The Labute approximate surface area is 130 Å². The van der Waals surface area contributed by atoms with Gasteiger partial charge < -0.3 is 10.2 Å². The van der Waals surface area contributed by atoms with Crippen molar-refractivity contribution in [1.82, 2.24) is 0 Å². The van der Waals surface area contributed by atoms with E-state index in [4.69, 9.17) is 11.6 Å². The van der Waals surface area contributed by atoms with E-state index in [1.807, 2.05) is 42.5 Å². The zero-order chi connectivity index (χ0) is 14.9. The molecule has 0 bridgehead atoms. The first-order valence-electron chi connectivity index (χ1n) is 6.69. The molecule has 2 rings (SSSR count). The van der Waals surface area contributed by atoms with Crippen molar-refractivity contribution in [2.75, 3.05) is 24.3 Å². The van der Waals surface area contributed by atoms with Gasteiger partial charge in [0.25, 0.3) is 0 Å². The van der Waals surface area contributed by atoms with Crippen molar-refractivity contribution in [3.8, 4) is 0 Å². The number of rotatable bonds is 4. The Kier molecular flexibility index (Phi) is 4.61. The number of anilines is 2. The predicted molar refractivity (Wildman–Crippen MR) is 91.6 cm³/mol. The number of aryl methyl sites for hydroxylation is 2. The number of hydrogen-bond acceptors (Lipinski definition) is 3. The average Bonchev–Trinajstić information content (AvgIpc) is 2.68. The van der Waals surface area contributed by atoms with Crippen molar-refractivity contribution in [3.63, 3.8) is 0 Å². The minimum atomic E-state index is 0.261. The van der Waals surface area contributed by atoms with Gasteiger partial charge in [0.2, 0.25) is 0 Å². The minimum Gasteiger partial charge on any atom is -0.377 e. The second-order valence-electron chi connectivity index (χ2n) is 5.27. The summed E-state index contributed by atoms with van der Waals surface area (Å²) in [6, 6.07) is 8.50. The molecule has 2 nitrogen and oxygen atoms in total. The van der Waals surface area contributed by atoms with Crippen molar-refractivity contribution < 1.29 is 0 Å². The molecule has 0 amide bonds. The molecule has 1 N–H and O–H groups in total. The van der Waals surface area contributed by atoms with E-state index in [-0.39, 0.29) is 6.04 Å². The molecule has 1 aromatic carbocycles. The summed E-state index contributed by atoms with van der Waals surface area (Å²) in [5.41, 5.74) is 3.46. The average molecular weight is 309 g/mol. The van der Waals surface area contributed by atoms with Gasteiger partial charge in [0.15, 0.2) is 0 Å². The maximum atomic E-state index is 6.31. The minimum absolute atomic E-state index is 0.261. The molecule has 1 heterocycles. The van der Waals surface area contributed by atoms with Gasteiger partial charge >= 0.3 is 0 Å². The van der Waals surface area contributed by atoms with Gasteiger partial charge in [-0.05, 0) is 44.5 Å². The summed E-state index contributed by atoms with van der Waals surface area (Å²) in [7, 11) is 4.02. The summed E-state index contributed by atoms with van der Waals surface area (Å²) < 4.78 is 0. The summed E-state index contributed by atoms with van der Waals surface area (Å²) in [5, 5.41) is 4.35. The molecule has 0 aliphatic heterocycles. The van der Waals surface area contributed by atoms with Gasteiger partial charge in [0, 0.05) is 29.9 Å². The van der Waals surface area contributed by atoms with Crippen LogP contribution < -0.4 is 10.2 Å². The Hall–Kier alpha value is -1.19. The second-order valence-corrected chi connectivity index (χ2v) is 7.13. The van der Waals surface area contributed by atoms with Crippen LogP contribution in [0, 0.1) is 13.8 Å². The largest absolute Gasteiger partial charge is 0.377 e. The molecular formula is C16H21ClN2S. The Morgan fingerprint density at radius 1 is 1.25 bits per heavy atom. The molecule has 20 heavy (non-hydrogen) atoms. The van der Waals surface area contributed by atoms with E-state index in [0.717, 1.165) is 16.4 Å². The van der Waals surface area contributed by atoms with E-state index in [0.29, 0.717) is 0 Å². The Morgan fingerprint density at radius 2 is 1.95 bits per heavy atom. The van der Waals surface area contributed by atoms with Crippen molar-refractivity contribution in [3.05, 3.63) is 44.6 Å². The molecule has 4 heteroatoms. The lowest BCUT2D eigenvalue weighted by Gasteiger charge is -2.23. The number of benzene rings is 1. The van der Waals surface area contributed by atoms with Gasteiger partial charge in [-0.2, -0.15) is 0 Å². The first-order chi connectivity index (χ1) is 9.40. The fourth-order valence-corrected chi connectivity index (χ4v) is 3.84. The number of nitrogens with one attached hydrogen (secondary N) is 1. The molecule has 2 aromatic rings. The summed E-state index contributed by atoms with van der Waals surface area (Å²) in [5.74, 6) is 0. The van der Waals surface area contributed by atoms with Crippen LogP contribution in [0.2, 0.25) is 5.02 Å². The van der Waals surface area contributed by atoms with Crippen molar-refractivity contribution >= 4 is 34.3 Å². The molecule has 108 valence electrons. The van der Waals surface area contributed by atoms with E-state index < -0.39 is 0 Å². The van der Waals surface area contributed by atoms with Crippen LogP contribution >= 0.6 is 22.9 Å². The standard InChI is InChI=1S/C16H21ClN2S/c1-10-9-13(12(3)20-10)11(2)18-15-8-6-7-14(17)16(15)19(4)5/h6-9,11,18H,1-5H3. The molecule has 1 atom stereocenters. The first-order valence-corrected chi connectivity index (χ1v) is 7.89. The van der Waals surface area contributed by atoms with Crippen LogP contribution in [0.5, 0.6) is 0 Å². The molecule has 0 aliphatic carbocycles. The highest BCUT2D eigenvalue weighted by molar-refractivity contribution is 7.12. The summed E-state index contributed by atoms with van der Waals surface area (Å²) >= 11 is 8.15. The zero-order valence-electron chi connectivity index (χ0n) is 12.6. The topological polar surface area (TPSA) is 15.3 Å². The van der Waals surface area contributed by atoms with Crippen LogP contribution in [0.25, 0.3) is 0 Å². The van der Waals surface area contributed by atoms with Gasteiger partial charge in [-0.25, -0.2) is 0 Å². The van der Waals surface area contributed by atoms with Crippen LogP contribution in [-0.4, -0.2) is 14.1 Å². The van der Waals surface area contributed by atoms with Crippen molar-refractivity contribution in [1.29, 1.82) is 0 Å². The smallest absolute Gasteiger partial charge is 0.0786 e. The van der Waals surface area contributed by atoms with Gasteiger partial charge in [-0.1, -0.05) is 17.7 Å². The summed E-state index contributed by atoms with van der Waals surface area (Å²) in [6.07, 6.45) is 0. The Balaban J connectivity index is 2.30. The second kappa shape index (κ2) is 6.06. The molecule has 0 aliphatic rings. The highest BCUT2D eigenvalue weighted by Crippen LogP contribution is 2.36. The molecule has 0 spiro atoms. The normalized spacial score (nSPS) is 12.3. The number of para-hydroxylation sites is 1. The van der Waals surface area contributed by atoms with Crippen molar-refractivity contribution in [2.24, 2.45) is 0 Å². The maximum absolute atomic E-state index is 6.31. The van der Waals surface area contributed by atoms with Crippen molar-refractivity contribution in [2.45, 2.75) is 26.8 Å². The van der Waals surface area contributed by atoms with Crippen LogP contribution in [0.15, 0.2) is 24.3 Å². The van der Waals surface area contributed by atoms with E-state index in [9.17, 15) is 0 Å².